The van der Waals surface area contributed by atoms with Crippen LogP contribution in [0.1, 0.15) is 91.6 Å². The molecule has 4 aliphatic heterocycles. The van der Waals surface area contributed by atoms with E-state index in [-0.39, 0.29) is 30.2 Å². The van der Waals surface area contributed by atoms with Crippen LogP contribution in [0.15, 0.2) is 54.7 Å². The summed E-state index contributed by atoms with van der Waals surface area (Å²) in [5.41, 5.74) is 7.55. The van der Waals surface area contributed by atoms with Crippen LogP contribution in [0, 0.1) is 28.1 Å². The molecule has 14 heteroatoms. The fraction of sp³-hybridized carbons (Fsp3) is 0.511. The van der Waals surface area contributed by atoms with E-state index in [4.69, 9.17) is 22.1 Å². The Labute approximate surface area is 351 Å². The number of carbonyl (C=O) groups is 4. The van der Waals surface area contributed by atoms with Gasteiger partial charge in [-0.2, -0.15) is 5.26 Å². The molecule has 0 bridgehead atoms. The average Bonchev–Trinajstić information content (AvgIpc) is 3.55. The summed E-state index contributed by atoms with van der Waals surface area (Å²) in [5, 5.41) is 9.59. The van der Waals surface area contributed by atoms with Gasteiger partial charge in [-0.25, -0.2) is 4.98 Å². The highest BCUT2D eigenvalue weighted by Crippen LogP contribution is 2.58. The molecule has 0 radical (unpaired) electrons. The molecule has 3 saturated heterocycles. The highest BCUT2D eigenvalue weighted by Gasteiger charge is 2.68. The molecule has 1 atom stereocenters. The van der Waals surface area contributed by atoms with E-state index in [1.807, 2.05) is 45.9 Å². The maximum absolute atomic E-state index is 14.4. The fourth-order valence-electron chi connectivity index (χ4n) is 10.8. The number of rotatable bonds is 10. The molecule has 5 aliphatic rings. The minimum absolute atomic E-state index is 0.168. The highest BCUT2D eigenvalue weighted by atomic mass is 35.5. The highest BCUT2D eigenvalue weighted by molar-refractivity contribution is 6.31. The van der Waals surface area contributed by atoms with Crippen LogP contribution >= 0.6 is 11.6 Å². The average molecular weight is 821 g/mol. The van der Waals surface area contributed by atoms with E-state index in [0.29, 0.717) is 46.3 Å². The van der Waals surface area contributed by atoms with Gasteiger partial charge in [0.05, 0.1) is 22.2 Å². The molecular weight excluding hydrogens is 768 g/mol. The molecule has 1 unspecified atom stereocenters. The zero-order valence-corrected chi connectivity index (χ0v) is 35.1. The van der Waals surface area contributed by atoms with Gasteiger partial charge in [-0.15, -0.1) is 0 Å². The Hall–Kier alpha value is -5.19. The Morgan fingerprint density at radius 1 is 0.932 bits per heavy atom. The Bertz CT molecular complexity index is 2170. The van der Waals surface area contributed by atoms with Gasteiger partial charge in [-0.05, 0) is 86.2 Å². The second-order valence-electron chi connectivity index (χ2n) is 18.0. The van der Waals surface area contributed by atoms with Crippen molar-refractivity contribution in [1.82, 2.24) is 19.7 Å². The lowest BCUT2D eigenvalue weighted by Crippen LogP contribution is -2.77. The lowest BCUT2D eigenvalue weighted by atomic mass is 9.48. The Morgan fingerprint density at radius 2 is 1.66 bits per heavy atom. The number of nitrogens with zero attached hydrogens (tertiary/aromatic N) is 7. The van der Waals surface area contributed by atoms with Crippen LogP contribution in [-0.2, 0) is 16.1 Å². The van der Waals surface area contributed by atoms with Gasteiger partial charge in [0.15, 0.2) is 0 Å². The molecule has 5 heterocycles. The van der Waals surface area contributed by atoms with Crippen molar-refractivity contribution in [1.29, 1.82) is 5.26 Å². The second kappa shape index (κ2) is 15.8. The minimum atomic E-state index is -0.734. The number of ether oxygens (including phenoxy) is 1. The number of primary amides is 1. The van der Waals surface area contributed by atoms with Gasteiger partial charge in [-0.3, -0.25) is 29.0 Å². The van der Waals surface area contributed by atoms with Crippen molar-refractivity contribution in [2.45, 2.75) is 84.5 Å². The number of amides is 4. The van der Waals surface area contributed by atoms with Crippen LogP contribution in [-0.4, -0.2) is 107 Å². The number of fused-ring (bicyclic) bond motifs is 1. The number of nitrogens with two attached hydrogens (primary N) is 1. The number of hydrogen-bond acceptors (Lipinski definition) is 10. The summed E-state index contributed by atoms with van der Waals surface area (Å²) in [7, 11) is 0. The normalized spacial score (nSPS) is 24.5. The number of piperidine rings is 2. The summed E-state index contributed by atoms with van der Waals surface area (Å²) in [5.74, 6) is 0.897. The van der Waals surface area contributed by atoms with E-state index >= 15 is 0 Å². The number of nitriles is 1. The van der Waals surface area contributed by atoms with Crippen molar-refractivity contribution in [2.24, 2.45) is 22.5 Å². The number of anilines is 2. The topological polar surface area (TPSA) is 156 Å². The maximum Gasteiger partial charge on any atom is 0.255 e. The Morgan fingerprint density at radius 3 is 2.31 bits per heavy atom. The molecule has 4 fully saturated rings. The van der Waals surface area contributed by atoms with Crippen LogP contribution in [0.2, 0.25) is 5.02 Å². The molecule has 1 aromatic heterocycles. The molecule has 1 aliphatic carbocycles. The van der Waals surface area contributed by atoms with Crippen molar-refractivity contribution >= 4 is 46.7 Å². The first-order valence-electron chi connectivity index (χ1n) is 20.8. The summed E-state index contributed by atoms with van der Waals surface area (Å²) in [4.78, 5) is 68.0. The van der Waals surface area contributed by atoms with Gasteiger partial charge in [0.25, 0.3) is 11.8 Å². The molecule has 0 spiro atoms. The molecule has 2 N–H and O–H groups in total. The van der Waals surface area contributed by atoms with Crippen molar-refractivity contribution < 1.29 is 23.9 Å². The van der Waals surface area contributed by atoms with E-state index in [0.717, 1.165) is 75.7 Å². The first-order chi connectivity index (χ1) is 28.2. The van der Waals surface area contributed by atoms with Crippen LogP contribution < -0.4 is 20.3 Å². The van der Waals surface area contributed by atoms with Crippen molar-refractivity contribution in [3.63, 3.8) is 0 Å². The van der Waals surface area contributed by atoms with Gasteiger partial charge in [-0.1, -0.05) is 39.3 Å². The van der Waals surface area contributed by atoms with Crippen LogP contribution in [0.5, 0.6) is 5.75 Å². The van der Waals surface area contributed by atoms with Crippen LogP contribution in [0.4, 0.5) is 11.5 Å². The van der Waals surface area contributed by atoms with Crippen molar-refractivity contribution in [2.75, 3.05) is 55.6 Å². The smallest absolute Gasteiger partial charge is 0.255 e. The number of hydrogen-bond donors (Lipinski definition) is 1. The third kappa shape index (κ3) is 7.50. The molecule has 2 aromatic carbocycles. The molecule has 4 amide bonds. The fourth-order valence-corrected chi connectivity index (χ4v) is 11.0. The SMILES string of the molecule is CC1(C)C(Oc2ccc(C#N)c(Cl)c2)C(C)(C)C1N1C(=O)CCC(N2Cc3cc(N4CCN(CCC5CCN(c6ccc(C(N)=O)cn6)CC5)CC4)ccc3C2=O)C1=O. The van der Waals surface area contributed by atoms with E-state index in [2.05, 4.69) is 31.8 Å². The van der Waals surface area contributed by atoms with Gasteiger partial charge in [0.2, 0.25) is 11.8 Å². The minimum Gasteiger partial charge on any atom is -0.489 e. The summed E-state index contributed by atoms with van der Waals surface area (Å²) < 4.78 is 6.44. The summed E-state index contributed by atoms with van der Waals surface area (Å²) in [6.45, 7) is 15.1. The molecule has 8 rings (SSSR count). The zero-order valence-electron chi connectivity index (χ0n) is 34.3. The van der Waals surface area contributed by atoms with Crippen molar-refractivity contribution in [3.05, 3.63) is 82.0 Å². The van der Waals surface area contributed by atoms with Gasteiger partial charge in [0, 0.05) is 86.6 Å². The number of carbonyl (C=O) groups excluding carboxylic acids is 4. The maximum atomic E-state index is 14.4. The Balaban J connectivity index is 0.846. The molecule has 13 nitrogen and oxygen atoms in total. The summed E-state index contributed by atoms with van der Waals surface area (Å²) in [6, 6.07) is 15.5. The third-order valence-electron chi connectivity index (χ3n) is 13.6. The largest absolute Gasteiger partial charge is 0.489 e. The van der Waals surface area contributed by atoms with Gasteiger partial charge < -0.3 is 25.2 Å². The first-order valence-corrected chi connectivity index (χ1v) is 21.2. The Kier molecular flexibility index (Phi) is 10.8. The lowest BCUT2D eigenvalue weighted by Gasteiger charge is -2.66. The van der Waals surface area contributed by atoms with Gasteiger partial charge >= 0.3 is 0 Å². The summed E-state index contributed by atoms with van der Waals surface area (Å²) >= 11 is 6.29. The number of imide groups is 1. The molecule has 3 aromatic rings. The zero-order chi connectivity index (χ0) is 41.8. The first kappa shape index (κ1) is 40.6. The predicted octanol–water partition coefficient (Wildman–Crippen LogP) is 5.49. The number of pyridine rings is 1. The van der Waals surface area contributed by atoms with Gasteiger partial charge in [0.1, 0.15) is 29.8 Å². The number of halogens is 1. The predicted molar refractivity (Wildman–Crippen MR) is 224 cm³/mol. The third-order valence-corrected chi connectivity index (χ3v) is 13.9. The number of aromatic nitrogens is 1. The molecular formula is C45H53ClN8O5. The molecule has 310 valence electrons. The van der Waals surface area contributed by atoms with E-state index in [1.54, 1.807) is 35.4 Å². The van der Waals surface area contributed by atoms with E-state index in [9.17, 15) is 24.4 Å². The van der Waals surface area contributed by atoms with Crippen LogP contribution in [0.25, 0.3) is 0 Å². The molecule has 1 saturated carbocycles. The molecule has 59 heavy (non-hydrogen) atoms. The number of benzene rings is 2. The summed E-state index contributed by atoms with van der Waals surface area (Å²) in [6.07, 6.45) is 5.08. The van der Waals surface area contributed by atoms with Crippen LogP contribution in [0.3, 0.4) is 0 Å². The quantitative estimate of drug-likeness (QED) is 0.260. The monoisotopic (exact) mass is 820 g/mol. The van der Waals surface area contributed by atoms with E-state index < -0.39 is 28.8 Å². The number of piperazine rings is 1. The standard InChI is InChI=1S/C45H53ClN8O5/c1-44(2)42(45(3,4)43(44)59-33-8-5-29(25-47)35(46)24-33)54-38(55)12-10-36(41(54)58)53-27-31-23-32(7-9-34(31)40(53)57)51-21-19-50(20-22-51)16-13-28-14-17-52(18-15-28)37-11-6-30(26-49-37)39(48)56/h5-9,11,23-24,26,28,36,42-43H,10,12-22,27H2,1-4H3,(H2,48,56). The second-order valence-corrected chi connectivity index (χ2v) is 18.5. The number of likely N-dealkylation sites (tertiary alicyclic amines) is 1. The van der Waals surface area contributed by atoms with Crippen molar-refractivity contribution in [3.8, 4) is 11.8 Å². The lowest BCUT2D eigenvalue weighted by molar-refractivity contribution is -0.216. The van der Waals surface area contributed by atoms with E-state index in [1.165, 1.54) is 11.3 Å².